The van der Waals surface area contributed by atoms with Crippen LogP contribution in [0.5, 0.6) is 0 Å². The summed E-state index contributed by atoms with van der Waals surface area (Å²) >= 11 is 0. The van der Waals surface area contributed by atoms with Crippen molar-refractivity contribution in [3.63, 3.8) is 0 Å². The lowest BCUT2D eigenvalue weighted by molar-refractivity contribution is -0.142. The first-order valence-electron chi connectivity index (χ1n) is 7.47. The molecule has 3 aliphatic rings. The van der Waals surface area contributed by atoms with E-state index < -0.39 is 23.5 Å². The second-order valence-electron chi connectivity index (χ2n) is 6.46. The molecule has 1 saturated carbocycles. The molecule has 3 rings (SSSR count). The van der Waals surface area contributed by atoms with Crippen molar-refractivity contribution in [1.82, 2.24) is 15.1 Å². The first-order valence-corrected chi connectivity index (χ1v) is 7.47. The molecule has 22 heavy (non-hydrogen) atoms. The first kappa shape index (κ1) is 14.8. The van der Waals surface area contributed by atoms with Gasteiger partial charge in [-0.05, 0) is 32.1 Å². The number of aliphatic carboxylic acids is 1. The minimum absolute atomic E-state index is 0.137. The molecule has 2 N–H and O–H groups in total. The van der Waals surface area contributed by atoms with Crippen molar-refractivity contribution in [3.05, 3.63) is 0 Å². The molecule has 0 spiro atoms. The van der Waals surface area contributed by atoms with E-state index in [0.29, 0.717) is 13.0 Å². The number of rotatable bonds is 4. The van der Waals surface area contributed by atoms with Crippen molar-refractivity contribution in [2.75, 3.05) is 19.6 Å². The predicted molar refractivity (Wildman–Crippen MR) is 73.7 cm³/mol. The molecule has 2 saturated heterocycles. The average Bonchev–Trinajstić information content (AvgIpc) is 3.15. The van der Waals surface area contributed by atoms with Crippen LogP contribution in [0.25, 0.3) is 0 Å². The van der Waals surface area contributed by atoms with E-state index in [1.165, 1.54) is 4.90 Å². The van der Waals surface area contributed by atoms with Crippen LogP contribution in [0.1, 0.15) is 26.2 Å². The minimum atomic E-state index is -0.924. The zero-order valence-corrected chi connectivity index (χ0v) is 12.4. The molecule has 4 amide bonds. The summed E-state index contributed by atoms with van der Waals surface area (Å²) in [5.41, 5.74) is -0.897. The normalized spacial score (nSPS) is 31.6. The van der Waals surface area contributed by atoms with E-state index >= 15 is 0 Å². The molecule has 0 aromatic rings. The van der Waals surface area contributed by atoms with Crippen molar-refractivity contribution >= 4 is 23.8 Å². The number of nitrogens with one attached hydrogen (secondary N) is 1. The van der Waals surface area contributed by atoms with Gasteiger partial charge in [-0.15, -0.1) is 0 Å². The summed E-state index contributed by atoms with van der Waals surface area (Å²) in [6, 6.07) is -0.540. The smallest absolute Gasteiger partial charge is 0.325 e. The lowest BCUT2D eigenvalue weighted by Gasteiger charge is -2.22. The van der Waals surface area contributed by atoms with Crippen LogP contribution in [0.4, 0.5) is 4.79 Å². The largest absolute Gasteiger partial charge is 0.481 e. The Morgan fingerprint density at radius 2 is 2.00 bits per heavy atom. The second kappa shape index (κ2) is 4.96. The van der Waals surface area contributed by atoms with Crippen molar-refractivity contribution in [1.29, 1.82) is 0 Å². The maximum absolute atomic E-state index is 12.4. The van der Waals surface area contributed by atoms with Gasteiger partial charge < -0.3 is 15.3 Å². The topological polar surface area (TPSA) is 107 Å². The van der Waals surface area contributed by atoms with Crippen LogP contribution in [0.15, 0.2) is 0 Å². The maximum atomic E-state index is 12.4. The Hall–Kier alpha value is -2.12. The molecule has 8 nitrogen and oxygen atoms in total. The highest BCUT2D eigenvalue weighted by Crippen LogP contribution is 2.42. The summed E-state index contributed by atoms with van der Waals surface area (Å²) in [6.07, 6.45) is 2.20. The van der Waals surface area contributed by atoms with Crippen LogP contribution in [0.2, 0.25) is 0 Å². The highest BCUT2D eigenvalue weighted by atomic mass is 16.4. The molecule has 0 aromatic heterocycles. The van der Waals surface area contributed by atoms with E-state index in [2.05, 4.69) is 5.32 Å². The molecule has 3 fully saturated rings. The quantitative estimate of drug-likeness (QED) is 0.690. The number of carbonyl (C=O) groups excluding carboxylic acids is 3. The average molecular weight is 309 g/mol. The Balaban J connectivity index is 1.63. The van der Waals surface area contributed by atoms with Gasteiger partial charge in [0.15, 0.2) is 0 Å². The summed E-state index contributed by atoms with van der Waals surface area (Å²) in [6.45, 7) is 1.86. The molecule has 1 aliphatic carbocycles. The molecule has 2 atom stereocenters. The van der Waals surface area contributed by atoms with Crippen molar-refractivity contribution in [2.24, 2.45) is 11.8 Å². The number of hydrogen-bond donors (Lipinski definition) is 2. The Morgan fingerprint density at radius 1 is 1.32 bits per heavy atom. The van der Waals surface area contributed by atoms with E-state index in [-0.39, 0.29) is 30.8 Å². The minimum Gasteiger partial charge on any atom is -0.481 e. The van der Waals surface area contributed by atoms with Gasteiger partial charge in [0.2, 0.25) is 5.91 Å². The highest BCUT2D eigenvalue weighted by molar-refractivity contribution is 6.09. The number of imide groups is 1. The number of likely N-dealkylation sites (tertiary alicyclic amines) is 1. The number of carboxylic acid groups (broad SMARTS) is 1. The number of urea groups is 1. The number of carboxylic acids is 1. The fourth-order valence-corrected chi connectivity index (χ4v) is 3.22. The zero-order chi connectivity index (χ0) is 16.1. The molecule has 0 unspecified atom stereocenters. The Bertz CT molecular complexity index is 559. The van der Waals surface area contributed by atoms with Crippen molar-refractivity contribution < 1.29 is 24.3 Å². The van der Waals surface area contributed by atoms with E-state index in [0.717, 1.165) is 17.7 Å². The Kier molecular flexibility index (Phi) is 3.34. The number of carbonyl (C=O) groups is 4. The molecule has 8 heteroatoms. The fourth-order valence-electron chi connectivity index (χ4n) is 3.22. The standard InChI is InChI=1S/C14H19N3O5/c1-14(9-2-3-9)12(21)17(13(22)15-14)7-10(18)16-5-4-8(6-16)11(19)20/h8-9H,2-7H2,1H3,(H,15,22)(H,19,20)/t8-,14-/m0/s1. The molecule has 2 aliphatic heterocycles. The van der Waals surface area contributed by atoms with Crippen LogP contribution >= 0.6 is 0 Å². The van der Waals surface area contributed by atoms with Gasteiger partial charge in [-0.25, -0.2) is 4.79 Å². The molecule has 0 radical (unpaired) electrons. The first-order chi connectivity index (χ1) is 10.3. The van der Waals surface area contributed by atoms with Gasteiger partial charge in [0.25, 0.3) is 5.91 Å². The SMILES string of the molecule is C[C@@]1(C2CC2)NC(=O)N(CC(=O)N2CC[C@H](C(=O)O)C2)C1=O. The van der Waals surface area contributed by atoms with Gasteiger partial charge >= 0.3 is 12.0 Å². The van der Waals surface area contributed by atoms with Crippen molar-refractivity contribution in [3.8, 4) is 0 Å². The monoisotopic (exact) mass is 309 g/mol. The molecule has 2 heterocycles. The van der Waals surface area contributed by atoms with Crippen LogP contribution in [-0.4, -0.2) is 63.9 Å². The molecule has 0 bridgehead atoms. The summed E-state index contributed by atoms with van der Waals surface area (Å²) < 4.78 is 0. The van der Waals surface area contributed by atoms with Crippen LogP contribution < -0.4 is 5.32 Å². The van der Waals surface area contributed by atoms with Gasteiger partial charge in [0, 0.05) is 13.1 Å². The third kappa shape index (κ3) is 2.32. The molecule has 0 aromatic carbocycles. The van der Waals surface area contributed by atoms with Crippen LogP contribution in [0.3, 0.4) is 0 Å². The van der Waals surface area contributed by atoms with Gasteiger partial charge in [0.05, 0.1) is 5.92 Å². The van der Waals surface area contributed by atoms with Gasteiger partial charge in [0.1, 0.15) is 12.1 Å². The lowest BCUT2D eigenvalue weighted by Crippen LogP contribution is -2.47. The van der Waals surface area contributed by atoms with Gasteiger partial charge in [-0.1, -0.05) is 0 Å². The third-order valence-corrected chi connectivity index (χ3v) is 4.88. The predicted octanol–water partition coefficient (Wildman–Crippen LogP) is -0.360. The van der Waals surface area contributed by atoms with Crippen LogP contribution in [-0.2, 0) is 14.4 Å². The van der Waals surface area contributed by atoms with Gasteiger partial charge in [-0.2, -0.15) is 0 Å². The second-order valence-corrected chi connectivity index (χ2v) is 6.46. The van der Waals surface area contributed by atoms with Crippen LogP contribution in [0, 0.1) is 11.8 Å². The van der Waals surface area contributed by atoms with E-state index in [1.807, 2.05) is 0 Å². The Morgan fingerprint density at radius 3 is 2.55 bits per heavy atom. The maximum Gasteiger partial charge on any atom is 0.325 e. The Labute approximate surface area is 127 Å². The summed E-state index contributed by atoms with van der Waals surface area (Å²) in [5.74, 6) is -2.09. The number of amides is 4. The molecular weight excluding hydrogens is 290 g/mol. The van der Waals surface area contributed by atoms with E-state index in [4.69, 9.17) is 5.11 Å². The number of hydrogen-bond acceptors (Lipinski definition) is 4. The van der Waals surface area contributed by atoms with E-state index in [1.54, 1.807) is 6.92 Å². The number of nitrogens with zero attached hydrogens (tertiary/aromatic N) is 2. The fraction of sp³-hybridized carbons (Fsp3) is 0.714. The van der Waals surface area contributed by atoms with Gasteiger partial charge in [-0.3, -0.25) is 19.3 Å². The highest BCUT2D eigenvalue weighted by Gasteiger charge is 2.56. The van der Waals surface area contributed by atoms with E-state index in [9.17, 15) is 19.2 Å². The third-order valence-electron chi connectivity index (χ3n) is 4.88. The summed E-state index contributed by atoms with van der Waals surface area (Å²) in [4.78, 5) is 49.9. The molecule has 120 valence electrons. The zero-order valence-electron chi connectivity index (χ0n) is 12.4. The summed E-state index contributed by atoms with van der Waals surface area (Å²) in [5, 5.41) is 11.6. The lowest BCUT2D eigenvalue weighted by atomic mass is 9.96. The van der Waals surface area contributed by atoms with Crippen molar-refractivity contribution in [2.45, 2.75) is 31.7 Å². The summed E-state index contributed by atoms with van der Waals surface area (Å²) in [7, 11) is 0. The molecular formula is C14H19N3O5.